The van der Waals surface area contributed by atoms with Crippen molar-refractivity contribution in [2.45, 2.75) is 11.0 Å². The molecule has 76 valence electrons. The highest BCUT2D eigenvalue weighted by atomic mass is 32.2. The molecule has 1 aliphatic rings. The summed E-state index contributed by atoms with van der Waals surface area (Å²) in [6, 6.07) is 10.4. The average Bonchev–Trinajstić information content (AvgIpc) is 2.17. The van der Waals surface area contributed by atoms with Gasteiger partial charge in [-0.3, -0.25) is 4.90 Å². The Kier molecular flexibility index (Phi) is 3.45. The molecule has 1 aromatic carbocycles. The Balaban J connectivity index is 1.64. The van der Waals surface area contributed by atoms with Crippen LogP contribution in [0.15, 0.2) is 35.2 Å². The van der Waals surface area contributed by atoms with Crippen LogP contribution in [0.1, 0.15) is 0 Å². The highest BCUT2D eigenvalue weighted by molar-refractivity contribution is 7.99. The number of nitrogens with zero attached hydrogens (tertiary/aromatic N) is 1. The molecular weight excluding hydrogens is 194 g/mol. The molecule has 0 saturated carbocycles. The van der Waals surface area contributed by atoms with E-state index in [1.807, 2.05) is 17.8 Å². The van der Waals surface area contributed by atoms with E-state index in [1.165, 1.54) is 4.90 Å². The summed E-state index contributed by atoms with van der Waals surface area (Å²) < 4.78 is 0. The minimum atomic E-state index is -0.0725. The van der Waals surface area contributed by atoms with Crippen LogP contribution in [-0.2, 0) is 0 Å². The Labute approximate surface area is 88.9 Å². The zero-order valence-electron chi connectivity index (χ0n) is 8.10. The predicted molar refractivity (Wildman–Crippen MR) is 59.6 cm³/mol. The molecule has 0 unspecified atom stereocenters. The summed E-state index contributed by atoms with van der Waals surface area (Å²) in [5.41, 5.74) is 0. The molecule has 0 atom stereocenters. The molecular formula is C11H15NOS. The van der Waals surface area contributed by atoms with Crippen LogP contribution in [0.4, 0.5) is 0 Å². The fourth-order valence-corrected chi connectivity index (χ4v) is 2.47. The summed E-state index contributed by atoms with van der Waals surface area (Å²) >= 11 is 1.88. The van der Waals surface area contributed by atoms with Crippen LogP contribution in [0.2, 0.25) is 0 Å². The molecule has 1 aromatic rings. The van der Waals surface area contributed by atoms with Crippen LogP contribution in [-0.4, -0.2) is 41.5 Å². The first-order valence-corrected chi connectivity index (χ1v) is 5.91. The van der Waals surface area contributed by atoms with Crippen LogP contribution in [0.25, 0.3) is 0 Å². The summed E-state index contributed by atoms with van der Waals surface area (Å²) in [7, 11) is 0. The molecule has 0 spiro atoms. The van der Waals surface area contributed by atoms with Crippen molar-refractivity contribution in [3.05, 3.63) is 30.3 Å². The first-order valence-electron chi connectivity index (χ1n) is 4.93. The van der Waals surface area contributed by atoms with Gasteiger partial charge in [-0.05, 0) is 12.1 Å². The third kappa shape index (κ3) is 2.74. The fraction of sp³-hybridized carbons (Fsp3) is 0.455. The average molecular weight is 209 g/mol. The van der Waals surface area contributed by atoms with Crippen molar-refractivity contribution >= 4 is 11.8 Å². The van der Waals surface area contributed by atoms with Gasteiger partial charge in [0.2, 0.25) is 0 Å². The summed E-state index contributed by atoms with van der Waals surface area (Å²) in [6.45, 7) is 2.79. The van der Waals surface area contributed by atoms with Gasteiger partial charge >= 0.3 is 0 Å². The maximum absolute atomic E-state index is 9.09. The Hall–Kier alpha value is -0.510. The smallest absolute Gasteiger partial charge is 0.0793 e. The first kappa shape index (κ1) is 10.0. The van der Waals surface area contributed by atoms with Crippen molar-refractivity contribution in [1.29, 1.82) is 0 Å². The topological polar surface area (TPSA) is 23.5 Å². The first-order chi connectivity index (χ1) is 6.84. The molecule has 2 rings (SSSR count). The molecule has 0 aromatic heterocycles. The van der Waals surface area contributed by atoms with E-state index in [1.54, 1.807) is 0 Å². The second kappa shape index (κ2) is 4.82. The molecule has 0 amide bonds. The molecule has 0 bridgehead atoms. The molecule has 2 nitrogen and oxygen atoms in total. The summed E-state index contributed by atoms with van der Waals surface area (Å²) in [6.07, 6.45) is -0.0725. The SMILES string of the molecule is OC1CN(CCSc2ccccc2)C1. The number of likely N-dealkylation sites (tertiary alicyclic amines) is 1. The lowest BCUT2D eigenvalue weighted by molar-refractivity contribution is 0.00648. The Morgan fingerprint density at radius 1 is 1.29 bits per heavy atom. The van der Waals surface area contributed by atoms with E-state index in [-0.39, 0.29) is 6.10 Å². The molecule has 1 heterocycles. The molecule has 1 N–H and O–H groups in total. The van der Waals surface area contributed by atoms with Gasteiger partial charge in [0.15, 0.2) is 0 Å². The van der Waals surface area contributed by atoms with E-state index in [4.69, 9.17) is 5.11 Å². The minimum Gasteiger partial charge on any atom is -0.390 e. The van der Waals surface area contributed by atoms with Gasteiger partial charge in [-0.25, -0.2) is 0 Å². The Morgan fingerprint density at radius 2 is 2.00 bits per heavy atom. The van der Waals surface area contributed by atoms with Gasteiger partial charge in [0.25, 0.3) is 0 Å². The molecule has 14 heavy (non-hydrogen) atoms. The molecule has 1 aliphatic heterocycles. The summed E-state index contributed by atoms with van der Waals surface area (Å²) in [5, 5.41) is 9.09. The van der Waals surface area contributed by atoms with E-state index in [0.717, 1.165) is 25.4 Å². The highest BCUT2D eigenvalue weighted by Gasteiger charge is 2.23. The van der Waals surface area contributed by atoms with Crippen LogP contribution >= 0.6 is 11.8 Å². The van der Waals surface area contributed by atoms with Crippen LogP contribution in [0.5, 0.6) is 0 Å². The summed E-state index contributed by atoms with van der Waals surface area (Å²) in [5.74, 6) is 1.11. The third-order valence-corrected chi connectivity index (χ3v) is 3.35. The lowest BCUT2D eigenvalue weighted by Gasteiger charge is -2.35. The van der Waals surface area contributed by atoms with Gasteiger partial charge in [0.05, 0.1) is 6.10 Å². The largest absolute Gasteiger partial charge is 0.390 e. The predicted octanol–water partition coefficient (Wildman–Crippen LogP) is 1.46. The monoisotopic (exact) mass is 209 g/mol. The number of rotatable bonds is 4. The molecule has 1 fully saturated rings. The zero-order valence-corrected chi connectivity index (χ0v) is 8.91. The van der Waals surface area contributed by atoms with Crippen molar-refractivity contribution in [2.24, 2.45) is 0 Å². The van der Waals surface area contributed by atoms with E-state index in [9.17, 15) is 0 Å². The van der Waals surface area contributed by atoms with E-state index in [0.29, 0.717) is 0 Å². The molecule has 0 aliphatic carbocycles. The van der Waals surface area contributed by atoms with Crippen molar-refractivity contribution in [2.75, 3.05) is 25.4 Å². The summed E-state index contributed by atoms with van der Waals surface area (Å²) in [4.78, 5) is 3.61. The van der Waals surface area contributed by atoms with Crippen LogP contribution in [0, 0.1) is 0 Å². The standard InChI is InChI=1S/C11H15NOS/c13-10-8-12(9-10)6-7-14-11-4-2-1-3-5-11/h1-5,10,13H,6-9H2. The fourth-order valence-electron chi connectivity index (χ4n) is 1.53. The van der Waals surface area contributed by atoms with E-state index < -0.39 is 0 Å². The van der Waals surface area contributed by atoms with Gasteiger partial charge in [0.1, 0.15) is 0 Å². The van der Waals surface area contributed by atoms with Gasteiger partial charge in [-0.1, -0.05) is 18.2 Å². The van der Waals surface area contributed by atoms with Crippen LogP contribution < -0.4 is 0 Å². The van der Waals surface area contributed by atoms with Crippen molar-refractivity contribution in [3.63, 3.8) is 0 Å². The van der Waals surface area contributed by atoms with Gasteiger partial charge in [0, 0.05) is 30.3 Å². The Bertz CT molecular complexity index is 272. The van der Waals surface area contributed by atoms with Gasteiger partial charge < -0.3 is 5.11 Å². The number of hydrogen-bond acceptors (Lipinski definition) is 3. The lowest BCUT2D eigenvalue weighted by Crippen LogP contribution is -2.51. The number of thioether (sulfide) groups is 1. The normalized spacial score (nSPS) is 18.1. The minimum absolute atomic E-state index is 0.0725. The van der Waals surface area contributed by atoms with Crippen LogP contribution in [0.3, 0.4) is 0 Å². The maximum atomic E-state index is 9.09. The van der Waals surface area contributed by atoms with E-state index in [2.05, 4.69) is 29.2 Å². The molecule has 1 saturated heterocycles. The number of aliphatic hydroxyl groups is 1. The quantitative estimate of drug-likeness (QED) is 0.759. The highest BCUT2D eigenvalue weighted by Crippen LogP contribution is 2.18. The molecule has 3 heteroatoms. The number of benzene rings is 1. The van der Waals surface area contributed by atoms with Gasteiger partial charge in [-0.2, -0.15) is 0 Å². The second-order valence-electron chi connectivity index (χ2n) is 3.57. The van der Waals surface area contributed by atoms with Crippen molar-refractivity contribution < 1.29 is 5.11 Å². The third-order valence-electron chi connectivity index (χ3n) is 2.36. The Morgan fingerprint density at radius 3 is 2.64 bits per heavy atom. The maximum Gasteiger partial charge on any atom is 0.0793 e. The number of aliphatic hydroxyl groups excluding tert-OH is 1. The van der Waals surface area contributed by atoms with Crippen molar-refractivity contribution in [3.8, 4) is 0 Å². The number of hydrogen-bond donors (Lipinski definition) is 1. The zero-order chi connectivity index (χ0) is 9.80. The lowest BCUT2D eigenvalue weighted by atomic mass is 10.2. The molecule has 0 radical (unpaired) electrons. The van der Waals surface area contributed by atoms with E-state index >= 15 is 0 Å². The number of β-amino-alcohol motifs (C(OH)–C–C–N with tert-alkyl or cyclic N) is 1. The van der Waals surface area contributed by atoms with Crippen molar-refractivity contribution in [1.82, 2.24) is 4.90 Å². The second-order valence-corrected chi connectivity index (χ2v) is 4.74. The van der Waals surface area contributed by atoms with Gasteiger partial charge in [-0.15, -0.1) is 11.8 Å².